The lowest BCUT2D eigenvalue weighted by Crippen LogP contribution is -2.18. The van der Waals surface area contributed by atoms with Crippen molar-refractivity contribution in [3.63, 3.8) is 0 Å². The van der Waals surface area contributed by atoms with E-state index in [0.717, 1.165) is 25.9 Å². The van der Waals surface area contributed by atoms with Gasteiger partial charge in [0.2, 0.25) is 0 Å². The van der Waals surface area contributed by atoms with E-state index in [0.29, 0.717) is 5.69 Å². The van der Waals surface area contributed by atoms with Gasteiger partial charge < -0.3 is 4.98 Å². The third-order valence-electron chi connectivity index (χ3n) is 3.15. The van der Waals surface area contributed by atoms with Crippen molar-refractivity contribution < 1.29 is 4.79 Å². The molecule has 0 saturated carbocycles. The first-order valence-electron chi connectivity index (χ1n) is 7.10. The van der Waals surface area contributed by atoms with Gasteiger partial charge in [0.15, 0.2) is 0 Å². The Morgan fingerprint density at radius 1 is 1.48 bits per heavy atom. The molecule has 0 bridgehead atoms. The first-order chi connectivity index (χ1) is 11.0. The third kappa shape index (κ3) is 3.51. The minimum Gasteiger partial charge on any atom is -0.360 e. The normalized spacial score (nSPS) is 11.7. The summed E-state index contributed by atoms with van der Waals surface area (Å²) in [6.07, 6.45) is 3.59. The molecule has 118 valence electrons. The van der Waals surface area contributed by atoms with Crippen LogP contribution in [0.2, 0.25) is 0 Å². The quantitative estimate of drug-likeness (QED) is 0.510. The Morgan fingerprint density at radius 2 is 2.30 bits per heavy atom. The number of rotatable bonds is 4. The lowest BCUT2D eigenvalue weighted by Gasteiger charge is -1.97. The molecule has 2 aromatic heterocycles. The number of benzene rings is 1. The summed E-state index contributed by atoms with van der Waals surface area (Å²) in [4.78, 5) is 19.7. The second-order valence-electron chi connectivity index (χ2n) is 5.39. The summed E-state index contributed by atoms with van der Waals surface area (Å²) < 4.78 is 1.00. The standard InChI is InChI=1S/C16H15BrN4OS/c1-9(2)6-19-21-15(22)14-8-23-16(20-14)12-7-18-13-4-3-10(17)5-11(12)13/h3-9,18H,1-2H3,(H,21,22). The van der Waals surface area contributed by atoms with Crippen molar-refractivity contribution in [3.8, 4) is 10.6 Å². The predicted octanol–water partition coefficient (Wildman–Crippen LogP) is 4.43. The lowest BCUT2D eigenvalue weighted by atomic mass is 10.2. The van der Waals surface area contributed by atoms with Crippen molar-refractivity contribution in [2.75, 3.05) is 0 Å². The van der Waals surface area contributed by atoms with Crippen LogP contribution in [-0.4, -0.2) is 22.1 Å². The van der Waals surface area contributed by atoms with Gasteiger partial charge in [0.25, 0.3) is 5.91 Å². The van der Waals surface area contributed by atoms with Gasteiger partial charge in [-0.2, -0.15) is 5.10 Å². The molecule has 0 aliphatic rings. The number of nitrogens with one attached hydrogen (secondary N) is 2. The van der Waals surface area contributed by atoms with Crippen LogP contribution >= 0.6 is 27.3 Å². The maximum Gasteiger partial charge on any atom is 0.290 e. The number of carbonyl (C=O) groups is 1. The zero-order chi connectivity index (χ0) is 16.4. The van der Waals surface area contributed by atoms with Gasteiger partial charge in [-0.25, -0.2) is 10.4 Å². The summed E-state index contributed by atoms with van der Waals surface area (Å²) in [5.41, 5.74) is 4.88. The first-order valence-corrected chi connectivity index (χ1v) is 8.78. The molecule has 0 atom stereocenters. The van der Waals surface area contributed by atoms with Crippen molar-refractivity contribution >= 4 is 50.3 Å². The summed E-state index contributed by atoms with van der Waals surface area (Å²) >= 11 is 4.92. The number of amides is 1. The number of nitrogens with zero attached hydrogens (tertiary/aromatic N) is 2. The Hall–Kier alpha value is -1.99. The fraction of sp³-hybridized carbons (Fsp3) is 0.188. The molecule has 23 heavy (non-hydrogen) atoms. The second-order valence-corrected chi connectivity index (χ2v) is 7.17. The molecule has 1 amide bonds. The SMILES string of the molecule is CC(C)C=NNC(=O)c1csc(-c2c[nH]c3ccc(Br)cc23)n1. The van der Waals surface area contributed by atoms with Crippen molar-refractivity contribution in [2.24, 2.45) is 11.0 Å². The zero-order valence-corrected chi connectivity index (χ0v) is 15.0. The average Bonchev–Trinajstić information content (AvgIpc) is 3.12. The zero-order valence-electron chi connectivity index (χ0n) is 12.6. The summed E-state index contributed by atoms with van der Waals surface area (Å²) in [5, 5.41) is 7.52. The Bertz CT molecular complexity index is 881. The fourth-order valence-corrected chi connectivity index (χ4v) is 3.26. The molecule has 2 heterocycles. The predicted molar refractivity (Wildman–Crippen MR) is 97.9 cm³/mol. The van der Waals surface area contributed by atoms with E-state index < -0.39 is 0 Å². The molecule has 0 fully saturated rings. The number of carbonyl (C=O) groups excluding carboxylic acids is 1. The molecule has 5 nitrogen and oxygen atoms in total. The van der Waals surface area contributed by atoms with Gasteiger partial charge in [0, 0.05) is 38.7 Å². The van der Waals surface area contributed by atoms with E-state index in [1.165, 1.54) is 11.3 Å². The molecular formula is C16H15BrN4OS. The summed E-state index contributed by atoms with van der Waals surface area (Å²) in [7, 11) is 0. The van der Waals surface area contributed by atoms with E-state index in [9.17, 15) is 4.79 Å². The number of hydrogen-bond acceptors (Lipinski definition) is 4. The van der Waals surface area contributed by atoms with Crippen LogP contribution in [0, 0.1) is 5.92 Å². The van der Waals surface area contributed by atoms with Crippen molar-refractivity contribution in [2.45, 2.75) is 13.8 Å². The fourth-order valence-electron chi connectivity index (χ4n) is 2.07. The Balaban J connectivity index is 1.86. The van der Waals surface area contributed by atoms with E-state index in [-0.39, 0.29) is 11.8 Å². The highest BCUT2D eigenvalue weighted by Gasteiger charge is 2.14. The number of aromatic nitrogens is 2. The average molecular weight is 391 g/mol. The number of aromatic amines is 1. The highest BCUT2D eigenvalue weighted by molar-refractivity contribution is 9.10. The minimum absolute atomic E-state index is 0.283. The largest absolute Gasteiger partial charge is 0.360 e. The van der Waals surface area contributed by atoms with E-state index in [4.69, 9.17) is 0 Å². The van der Waals surface area contributed by atoms with E-state index in [1.54, 1.807) is 11.6 Å². The molecule has 0 radical (unpaired) electrons. The molecular weight excluding hydrogens is 376 g/mol. The van der Waals surface area contributed by atoms with Crippen LogP contribution < -0.4 is 5.43 Å². The number of hydrazone groups is 1. The highest BCUT2D eigenvalue weighted by atomic mass is 79.9. The van der Waals surface area contributed by atoms with Crippen LogP contribution in [0.3, 0.4) is 0 Å². The van der Waals surface area contributed by atoms with Gasteiger partial charge in [-0.15, -0.1) is 11.3 Å². The second kappa shape index (κ2) is 6.64. The summed E-state index contributed by atoms with van der Waals surface area (Å²) in [6, 6.07) is 6.02. The summed E-state index contributed by atoms with van der Waals surface area (Å²) in [5.74, 6) is -0.0172. The minimum atomic E-state index is -0.301. The van der Waals surface area contributed by atoms with Gasteiger partial charge in [0.1, 0.15) is 10.7 Å². The molecule has 3 rings (SSSR count). The van der Waals surface area contributed by atoms with Crippen LogP contribution in [-0.2, 0) is 0 Å². The van der Waals surface area contributed by atoms with Crippen LogP contribution in [0.4, 0.5) is 0 Å². The molecule has 1 aromatic carbocycles. The number of thiazole rings is 1. The van der Waals surface area contributed by atoms with Gasteiger partial charge in [-0.3, -0.25) is 4.79 Å². The monoisotopic (exact) mass is 390 g/mol. The maximum absolute atomic E-state index is 12.0. The highest BCUT2D eigenvalue weighted by Crippen LogP contribution is 2.32. The molecule has 0 aliphatic heterocycles. The van der Waals surface area contributed by atoms with E-state index >= 15 is 0 Å². The Morgan fingerprint density at radius 3 is 3.09 bits per heavy atom. The van der Waals surface area contributed by atoms with Crippen molar-refractivity contribution in [1.82, 2.24) is 15.4 Å². The summed E-state index contributed by atoms with van der Waals surface area (Å²) in [6.45, 7) is 3.98. The Kier molecular flexibility index (Phi) is 4.58. The number of hydrogen-bond donors (Lipinski definition) is 2. The van der Waals surface area contributed by atoms with Gasteiger partial charge in [-0.1, -0.05) is 29.8 Å². The number of halogens is 1. The van der Waals surface area contributed by atoms with E-state index in [2.05, 4.69) is 36.4 Å². The van der Waals surface area contributed by atoms with Gasteiger partial charge >= 0.3 is 0 Å². The first kappa shape index (κ1) is 15.9. The lowest BCUT2D eigenvalue weighted by molar-refractivity contribution is 0.0951. The maximum atomic E-state index is 12.0. The third-order valence-corrected chi connectivity index (χ3v) is 4.52. The van der Waals surface area contributed by atoms with Gasteiger partial charge in [-0.05, 0) is 24.1 Å². The molecule has 0 saturated heterocycles. The smallest absolute Gasteiger partial charge is 0.290 e. The van der Waals surface area contributed by atoms with Crippen LogP contribution in [0.1, 0.15) is 24.3 Å². The van der Waals surface area contributed by atoms with Crippen LogP contribution in [0.25, 0.3) is 21.5 Å². The molecule has 0 spiro atoms. The number of H-pyrrole nitrogens is 1. The molecule has 0 unspecified atom stereocenters. The molecule has 2 N–H and O–H groups in total. The molecule has 7 heteroatoms. The molecule has 3 aromatic rings. The van der Waals surface area contributed by atoms with Gasteiger partial charge in [0.05, 0.1) is 0 Å². The molecule has 0 aliphatic carbocycles. The topological polar surface area (TPSA) is 70.1 Å². The van der Waals surface area contributed by atoms with Crippen LogP contribution in [0.15, 0.2) is 39.4 Å². The number of fused-ring (bicyclic) bond motifs is 1. The van der Waals surface area contributed by atoms with Crippen molar-refractivity contribution in [1.29, 1.82) is 0 Å². The van der Waals surface area contributed by atoms with Crippen LogP contribution in [0.5, 0.6) is 0 Å². The van der Waals surface area contributed by atoms with Crippen molar-refractivity contribution in [3.05, 3.63) is 39.9 Å². The van der Waals surface area contributed by atoms with E-state index in [1.807, 2.05) is 38.2 Å². The Labute approximate surface area is 146 Å².